The van der Waals surface area contributed by atoms with E-state index >= 15 is 0 Å². The number of hydrogen-bond donors (Lipinski definition) is 1. The van der Waals surface area contributed by atoms with Gasteiger partial charge in [0.2, 0.25) is 5.91 Å². The molecule has 1 aliphatic rings. The Morgan fingerprint density at radius 3 is 2.96 bits per heavy atom. The van der Waals surface area contributed by atoms with Crippen LogP contribution >= 0.6 is 0 Å². The van der Waals surface area contributed by atoms with Crippen molar-refractivity contribution >= 4 is 16.9 Å². The minimum absolute atomic E-state index is 0.00136. The van der Waals surface area contributed by atoms with Crippen molar-refractivity contribution in [1.29, 1.82) is 0 Å². The van der Waals surface area contributed by atoms with Crippen LogP contribution in [0.1, 0.15) is 26.0 Å². The lowest BCUT2D eigenvalue weighted by Crippen LogP contribution is -2.45. The van der Waals surface area contributed by atoms with E-state index in [9.17, 15) is 9.18 Å². The molecule has 2 atom stereocenters. The number of furan rings is 1. The summed E-state index contributed by atoms with van der Waals surface area (Å²) in [6.45, 7) is 11.0. The number of carbonyl (C=O) groups excluding carboxylic acids is 1. The van der Waals surface area contributed by atoms with Crippen molar-refractivity contribution in [2.45, 2.75) is 38.1 Å². The molecule has 1 N–H and O–H groups in total. The molecule has 2 heterocycles. The van der Waals surface area contributed by atoms with Gasteiger partial charge in [0.05, 0.1) is 25.0 Å². The number of likely N-dealkylation sites (tertiary alicyclic amines) is 1. The van der Waals surface area contributed by atoms with E-state index in [0.717, 1.165) is 16.7 Å². The fraction of sp³-hybridized carbons (Fsp3) is 0.444. The van der Waals surface area contributed by atoms with Crippen LogP contribution in [0.4, 0.5) is 4.39 Å². The highest BCUT2D eigenvalue weighted by atomic mass is 19.1. The lowest BCUT2D eigenvalue weighted by molar-refractivity contribution is -0.130. The number of nitrogens with zero attached hydrogens (tertiary/aromatic N) is 2. The van der Waals surface area contributed by atoms with Crippen molar-refractivity contribution in [2.75, 3.05) is 13.1 Å². The molecule has 0 bridgehead atoms. The third-order valence-electron chi connectivity index (χ3n) is 4.41. The van der Waals surface area contributed by atoms with E-state index < -0.39 is 17.9 Å². The van der Waals surface area contributed by atoms with Crippen LogP contribution in [0.5, 0.6) is 0 Å². The Morgan fingerprint density at radius 1 is 1.50 bits per heavy atom. The van der Waals surface area contributed by atoms with Gasteiger partial charge in [-0.15, -0.1) is 0 Å². The van der Waals surface area contributed by atoms with Gasteiger partial charge in [0.1, 0.15) is 17.5 Å². The maximum absolute atomic E-state index is 13.5. The summed E-state index contributed by atoms with van der Waals surface area (Å²) in [5.74, 6) is 0.461. The molecule has 0 aliphatic carbocycles. The summed E-state index contributed by atoms with van der Waals surface area (Å²) in [5.41, 5.74) is 0.235. The molecular formula is C18H20FN3O2. The third-order valence-corrected chi connectivity index (χ3v) is 4.41. The van der Waals surface area contributed by atoms with Crippen molar-refractivity contribution in [3.05, 3.63) is 47.5 Å². The van der Waals surface area contributed by atoms with Gasteiger partial charge in [0.25, 0.3) is 0 Å². The molecule has 2 aromatic rings. The fourth-order valence-corrected chi connectivity index (χ4v) is 2.93. The van der Waals surface area contributed by atoms with E-state index in [1.54, 1.807) is 0 Å². The first-order chi connectivity index (χ1) is 11.4. The number of benzene rings is 1. The SMILES string of the molecule is [C-]#[N+][C@@H]1C[C@H](F)CN1C(=O)CNC(C)(C)c1cc2ccccc2o1. The summed E-state index contributed by atoms with van der Waals surface area (Å²) in [6.07, 6.45) is -1.71. The molecule has 0 spiro atoms. The number of fused-ring (bicyclic) bond motifs is 1. The molecule has 126 valence electrons. The quantitative estimate of drug-likeness (QED) is 0.877. The molecule has 0 unspecified atom stereocenters. The van der Waals surface area contributed by atoms with Crippen LogP contribution < -0.4 is 5.32 Å². The lowest BCUT2D eigenvalue weighted by atomic mass is 10.0. The van der Waals surface area contributed by atoms with Gasteiger partial charge in [-0.1, -0.05) is 18.2 Å². The minimum atomic E-state index is -1.11. The van der Waals surface area contributed by atoms with Crippen molar-refractivity contribution in [3.63, 3.8) is 0 Å². The number of para-hydroxylation sites is 1. The summed E-state index contributed by atoms with van der Waals surface area (Å²) < 4.78 is 19.3. The van der Waals surface area contributed by atoms with Gasteiger partial charge >= 0.3 is 6.17 Å². The summed E-state index contributed by atoms with van der Waals surface area (Å²) in [6, 6.07) is 9.66. The number of halogens is 1. The van der Waals surface area contributed by atoms with E-state index in [1.165, 1.54) is 4.90 Å². The highest BCUT2D eigenvalue weighted by Crippen LogP contribution is 2.28. The summed E-state index contributed by atoms with van der Waals surface area (Å²) in [5, 5.41) is 4.16. The Bertz CT molecular complexity index is 760. The molecule has 1 amide bonds. The molecular weight excluding hydrogens is 309 g/mol. The van der Waals surface area contributed by atoms with Crippen LogP contribution in [0.15, 0.2) is 34.7 Å². The fourth-order valence-electron chi connectivity index (χ4n) is 2.93. The third kappa shape index (κ3) is 3.13. The predicted octanol–water partition coefficient (Wildman–Crippen LogP) is 3.07. The summed E-state index contributed by atoms with van der Waals surface area (Å²) in [7, 11) is 0. The van der Waals surface area contributed by atoms with Gasteiger partial charge in [-0.05, 0) is 26.0 Å². The molecule has 3 rings (SSSR count). The minimum Gasteiger partial charge on any atom is -0.459 e. The average molecular weight is 329 g/mol. The van der Waals surface area contributed by atoms with Crippen molar-refractivity contribution in [3.8, 4) is 0 Å². The first-order valence-corrected chi connectivity index (χ1v) is 7.95. The van der Waals surface area contributed by atoms with Gasteiger partial charge in [0, 0.05) is 5.39 Å². The molecule has 0 radical (unpaired) electrons. The van der Waals surface area contributed by atoms with Gasteiger partial charge in [0.15, 0.2) is 0 Å². The number of nitrogens with one attached hydrogen (secondary N) is 1. The van der Waals surface area contributed by atoms with Crippen LogP contribution in [-0.4, -0.2) is 36.2 Å². The zero-order valence-electron chi connectivity index (χ0n) is 13.8. The highest BCUT2D eigenvalue weighted by molar-refractivity contribution is 5.80. The molecule has 1 fully saturated rings. The highest BCUT2D eigenvalue weighted by Gasteiger charge is 2.40. The largest absolute Gasteiger partial charge is 0.459 e. The van der Waals surface area contributed by atoms with Crippen molar-refractivity contribution < 1.29 is 13.6 Å². The second-order valence-corrected chi connectivity index (χ2v) is 6.62. The monoisotopic (exact) mass is 329 g/mol. The summed E-state index contributed by atoms with van der Waals surface area (Å²) >= 11 is 0. The van der Waals surface area contributed by atoms with Gasteiger partial charge in [-0.2, -0.15) is 0 Å². The lowest BCUT2D eigenvalue weighted by Gasteiger charge is -2.25. The molecule has 6 heteroatoms. The Balaban J connectivity index is 1.68. The summed E-state index contributed by atoms with van der Waals surface area (Å²) in [4.78, 5) is 17.0. The Kier molecular flexibility index (Phi) is 4.29. The molecule has 1 saturated heterocycles. The van der Waals surface area contributed by atoms with Crippen LogP contribution in [0, 0.1) is 6.57 Å². The number of rotatable bonds is 4. The predicted molar refractivity (Wildman–Crippen MR) is 88.9 cm³/mol. The number of amides is 1. The smallest absolute Gasteiger partial charge is 0.303 e. The molecule has 1 aromatic carbocycles. The van der Waals surface area contributed by atoms with Crippen LogP contribution in [0.25, 0.3) is 15.8 Å². The molecule has 24 heavy (non-hydrogen) atoms. The van der Waals surface area contributed by atoms with E-state index in [2.05, 4.69) is 10.2 Å². The molecule has 1 aromatic heterocycles. The standard InChI is InChI=1S/C18H20FN3O2/c1-18(2,15-8-12-6-4-5-7-14(12)24-15)21-10-17(23)22-11-13(19)9-16(22)20-3/h4-8,13,16,21H,9-11H2,1-2H3/t13-,16-/m0/s1. The molecule has 5 nitrogen and oxygen atoms in total. The van der Waals surface area contributed by atoms with Crippen LogP contribution in [0.3, 0.4) is 0 Å². The zero-order valence-corrected chi connectivity index (χ0v) is 13.8. The molecule has 1 aliphatic heterocycles. The van der Waals surface area contributed by atoms with Gasteiger partial charge < -0.3 is 4.42 Å². The van der Waals surface area contributed by atoms with E-state index in [0.29, 0.717) is 0 Å². The normalized spacial score (nSPS) is 21.2. The number of carbonyl (C=O) groups is 1. The Morgan fingerprint density at radius 2 is 2.25 bits per heavy atom. The average Bonchev–Trinajstić information content (AvgIpc) is 3.16. The van der Waals surface area contributed by atoms with Gasteiger partial charge in [-0.3, -0.25) is 19.9 Å². The maximum atomic E-state index is 13.5. The molecule has 0 saturated carbocycles. The zero-order chi connectivity index (χ0) is 17.3. The number of hydrogen-bond acceptors (Lipinski definition) is 3. The van der Waals surface area contributed by atoms with Crippen molar-refractivity contribution in [1.82, 2.24) is 10.2 Å². The van der Waals surface area contributed by atoms with Crippen LogP contribution in [-0.2, 0) is 10.3 Å². The Labute approximate surface area is 140 Å². The van der Waals surface area contributed by atoms with E-state index in [1.807, 2.05) is 44.2 Å². The van der Waals surface area contributed by atoms with Gasteiger partial charge in [-0.25, -0.2) is 11.0 Å². The Hall–Kier alpha value is -2.39. The number of alkyl halides is 1. The maximum Gasteiger partial charge on any atom is 0.303 e. The second-order valence-electron chi connectivity index (χ2n) is 6.62. The van der Waals surface area contributed by atoms with E-state index in [4.69, 9.17) is 11.0 Å². The van der Waals surface area contributed by atoms with E-state index in [-0.39, 0.29) is 25.4 Å². The first kappa shape index (κ1) is 16.5. The van der Waals surface area contributed by atoms with Crippen molar-refractivity contribution in [2.24, 2.45) is 0 Å². The second kappa shape index (κ2) is 6.25. The first-order valence-electron chi connectivity index (χ1n) is 7.95. The topological polar surface area (TPSA) is 49.8 Å². The van der Waals surface area contributed by atoms with Crippen LogP contribution in [0.2, 0.25) is 0 Å².